The molecule has 22 heavy (non-hydrogen) atoms. The minimum Gasteiger partial charge on any atom is -0.347 e. The van der Waals surface area contributed by atoms with Crippen LogP contribution in [0.1, 0.15) is 59.1 Å². The SMILES string of the molecule is CCCCC(CC)N=C(Cc1[nH]cnc1SC(C)=O)C(C)=O. The van der Waals surface area contributed by atoms with E-state index in [1.807, 2.05) is 0 Å². The van der Waals surface area contributed by atoms with Gasteiger partial charge in [-0.25, -0.2) is 4.98 Å². The first-order valence-electron chi connectivity index (χ1n) is 7.76. The smallest absolute Gasteiger partial charge is 0.192 e. The summed E-state index contributed by atoms with van der Waals surface area (Å²) in [5.41, 5.74) is 1.33. The summed E-state index contributed by atoms with van der Waals surface area (Å²) in [6, 6.07) is 0.186. The highest BCUT2D eigenvalue weighted by molar-refractivity contribution is 8.13. The lowest BCUT2D eigenvalue weighted by atomic mass is 10.1. The average molecular weight is 323 g/mol. The number of aromatic nitrogens is 2. The number of Topliss-reactive ketones (excluding diaryl/α,β-unsaturated/α-hetero) is 1. The van der Waals surface area contributed by atoms with Gasteiger partial charge < -0.3 is 4.98 Å². The van der Waals surface area contributed by atoms with E-state index in [0.29, 0.717) is 17.2 Å². The van der Waals surface area contributed by atoms with Gasteiger partial charge in [0.2, 0.25) is 0 Å². The maximum absolute atomic E-state index is 11.9. The summed E-state index contributed by atoms with van der Waals surface area (Å²) < 4.78 is 0. The largest absolute Gasteiger partial charge is 0.347 e. The molecule has 0 aliphatic carbocycles. The number of aromatic amines is 1. The second kappa shape index (κ2) is 9.56. The number of nitrogens with one attached hydrogen (secondary N) is 1. The Hall–Kier alpha value is -1.43. The molecular weight excluding hydrogens is 298 g/mol. The van der Waals surface area contributed by atoms with Gasteiger partial charge in [0.1, 0.15) is 5.03 Å². The molecule has 1 atom stereocenters. The number of hydrogen-bond donors (Lipinski definition) is 1. The molecule has 1 rings (SSSR count). The molecule has 0 saturated carbocycles. The Morgan fingerprint density at radius 2 is 2.09 bits per heavy atom. The van der Waals surface area contributed by atoms with Crippen molar-refractivity contribution in [3.05, 3.63) is 12.0 Å². The van der Waals surface area contributed by atoms with E-state index >= 15 is 0 Å². The minimum absolute atomic E-state index is 0.0240. The van der Waals surface area contributed by atoms with Crippen molar-refractivity contribution in [1.82, 2.24) is 9.97 Å². The van der Waals surface area contributed by atoms with Crippen LogP contribution in [0.2, 0.25) is 0 Å². The zero-order valence-electron chi connectivity index (χ0n) is 13.8. The van der Waals surface area contributed by atoms with Crippen LogP contribution in [0.3, 0.4) is 0 Å². The summed E-state index contributed by atoms with van der Waals surface area (Å²) in [6.45, 7) is 7.29. The number of rotatable bonds is 9. The van der Waals surface area contributed by atoms with Gasteiger partial charge >= 0.3 is 0 Å². The second-order valence-corrected chi connectivity index (χ2v) is 6.46. The van der Waals surface area contributed by atoms with Crippen LogP contribution in [0.15, 0.2) is 16.3 Å². The van der Waals surface area contributed by atoms with E-state index < -0.39 is 0 Å². The van der Waals surface area contributed by atoms with Crippen molar-refractivity contribution in [3.8, 4) is 0 Å². The number of imidazole rings is 1. The Kier molecular flexibility index (Phi) is 8.09. The predicted molar refractivity (Wildman–Crippen MR) is 90.5 cm³/mol. The first kappa shape index (κ1) is 18.6. The second-order valence-electron chi connectivity index (χ2n) is 5.29. The van der Waals surface area contributed by atoms with Crippen LogP contribution in [-0.2, 0) is 16.0 Å². The van der Waals surface area contributed by atoms with Crippen molar-refractivity contribution in [3.63, 3.8) is 0 Å². The van der Waals surface area contributed by atoms with Crippen LogP contribution in [0.5, 0.6) is 0 Å². The summed E-state index contributed by atoms with van der Waals surface area (Å²) in [7, 11) is 0. The quantitative estimate of drug-likeness (QED) is 0.556. The predicted octanol–water partition coefficient (Wildman–Crippen LogP) is 3.59. The van der Waals surface area contributed by atoms with Crippen LogP contribution in [-0.4, -0.2) is 32.6 Å². The zero-order chi connectivity index (χ0) is 16.5. The molecule has 0 aliphatic heterocycles. The van der Waals surface area contributed by atoms with Crippen LogP contribution < -0.4 is 0 Å². The first-order valence-corrected chi connectivity index (χ1v) is 8.57. The fraction of sp³-hybridized carbons (Fsp3) is 0.625. The number of H-pyrrole nitrogens is 1. The molecule has 0 amide bonds. The summed E-state index contributed by atoms with van der Waals surface area (Å²) in [5, 5.41) is 0.604. The van der Waals surface area contributed by atoms with Crippen molar-refractivity contribution in [2.24, 2.45) is 4.99 Å². The maximum Gasteiger partial charge on any atom is 0.192 e. The van der Waals surface area contributed by atoms with Crippen LogP contribution >= 0.6 is 11.8 Å². The van der Waals surface area contributed by atoms with Gasteiger partial charge in [0.15, 0.2) is 10.9 Å². The van der Waals surface area contributed by atoms with Gasteiger partial charge in [0.25, 0.3) is 0 Å². The molecular formula is C16H25N3O2S. The number of thioether (sulfide) groups is 1. The van der Waals surface area contributed by atoms with Gasteiger partial charge in [-0.15, -0.1) is 0 Å². The highest BCUT2D eigenvalue weighted by Crippen LogP contribution is 2.21. The maximum atomic E-state index is 11.9. The van der Waals surface area contributed by atoms with E-state index in [9.17, 15) is 9.59 Å². The Balaban J connectivity index is 2.90. The fourth-order valence-electron chi connectivity index (χ4n) is 2.11. The number of hydrogen-bond acceptors (Lipinski definition) is 5. The molecule has 1 unspecified atom stereocenters. The number of aliphatic imine (C=N–C) groups is 1. The molecule has 0 aliphatic rings. The summed E-state index contributed by atoms with van der Waals surface area (Å²) in [5.74, 6) is -0.0247. The molecule has 0 aromatic carbocycles. The Morgan fingerprint density at radius 3 is 2.64 bits per heavy atom. The Bertz CT molecular complexity index is 537. The molecule has 6 heteroatoms. The molecule has 0 radical (unpaired) electrons. The summed E-state index contributed by atoms with van der Waals surface area (Å²) in [4.78, 5) is 34.9. The third-order valence-corrected chi connectivity index (χ3v) is 4.20. The van der Waals surface area contributed by atoms with Gasteiger partial charge in [-0.05, 0) is 24.6 Å². The van der Waals surface area contributed by atoms with E-state index in [4.69, 9.17) is 0 Å². The highest BCUT2D eigenvalue weighted by Gasteiger charge is 2.16. The summed E-state index contributed by atoms with van der Waals surface area (Å²) >= 11 is 1.08. The molecule has 0 spiro atoms. The standard InChI is InChI=1S/C16H25N3O2S/c1-5-7-8-13(6-2)19-14(11(3)20)9-15-16(18-10-17-15)22-12(4)21/h10,13H,5-9H2,1-4H3,(H,17,18). The van der Waals surface area contributed by atoms with E-state index in [0.717, 1.165) is 43.1 Å². The monoisotopic (exact) mass is 323 g/mol. The lowest BCUT2D eigenvalue weighted by molar-refractivity contribution is -0.111. The molecule has 1 aromatic rings. The van der Waals surface area contributed by atoms with Gasteiger partial charge in [-0.3, -0.25) is 14.6 Å². The molecule has 0 bridgehead atoms. The lowest BCUT2D eigenvalue weighted by Crippen LogP contribution is -2.18. The highest BCUT2D eigenvalue weighted by atomic mass is 32.2. The van der Waals surface area contributed by atoms with Crippen molar-refractivity contribution < 1.29 is 9.59 Å². The topological polar surface area (TPSA) is 75.2 Å². The number of carbonyl (C=O) groups is 2. The molecule has 0 saturated heterocycles. The lowest BCUT2D eigenvalue weighted by Gasteiger charge is -2.12. The van der Waals surface area contributed by atoms with Crippen molar-refractivity contribution in [2.45, 2.75) is 70.9 Å². The van der Waals surface area contributed by atoms with Gasteiger partial charge in [0, 0.05) is 20.3 Å². The van der Waals surface area contributed by atoms with E-state index in [1.165, 1.54) is 6.92 Å². The third kappa shape index (κ3) is 6.13. The van der Waals surface area contributed by atoms with E-state index in [1.54, 1.807) is 13.3 Å². The van der Waals surface area contributed by atoms with E-state index in [-0.39, 0.29) is 16.9 Å². The van der Waals surface area contributed by atoms with Gasteiger partial charge in [0.05, 0.1) is 23.8 Å². The number of nitrogens with zero attached hydrogens (tertiary/aromatic N) is 2. The van der Waals surface area contributed by atoms with Crippen LogP contribution in [0.4, 0.5) is 0 Å². The molecule has 122 valence electrons. The zero-order valence-corrected chi connectivity index (χ0v) is 14.6. The molecule has 1 heterocycles. The molecule has 1 aromatic heterocycles. The van der Waals surface area contributed by atoms with Crippen molar-refractivity contribution >= 4 is 28.4 Å². The number of ketones is 1. The van der Waals surface area contributed by atoms with Crippen LogP contribution in [0, 0.1) is 0 Å². The first-order chi connectivity index (χ1) is 10.5. The number of unbranched alkanes of at least 4 members (excludes halogenated alkanes) is 1. The average Bonchev–Trinajstić information content (AvgIpc) is 2.88. The van der Waals surface area contributed by atoms with E-state index in [2.05, 4.69) is 28.8 Å². The number of carbonyl (C=O) groups excluding carboxylic acids is 2. The Labute approximate surface area is 136 Å². The van der Waals surface area contributed by atoms with Crippen molar-refractivity contribution in [2.75, 3.05) is 0 Å². The normalized spacial score (nSPS) is 13.2. The summed E-state index contributed by atoms with van der Waals surface area (Å²) in [6.07, 6.45) is 6.11. The van der Waals surface area contributed by atoms with Gasteiger partial charge in [-0.1, -0.05) is 26.7 Å². The third-order valence-electron chi connectivity index (χ3n) is 3.37. The molecule has 5 nitrogen and oxygen atoms in total. The van der Waals surface area contributed by atoms with Gasteiger partial charge in [-0.2, -0.15) is 0 Å². The van der Waals surface area contributed by atoms with Crippen molar-refractivity contribution in [1.29, 1.82) is 0 Å². The van der Waals surface area contributed by atoms with Crippen LogP contribution in [0.25, 0.3) is 0 Å². The minimum atomic E-state index is -0.0247. The Morgan fingerprint density at radius 1 is 1.36 bits per heavy atom. The molecule has 0 fully saturated rings. The molecule has 1 N–H and O–H groups in total. The fourth-order valence-corrected chi connectivity index (χ4v) is 2.74.